The molecule has 0 radical (unpaired) electrons. The Bertz CT molecular complexity index is 140. The molecule has 0 spiro atoms. The van der Waals surface area contributed by atoms with Crippen LogP contribution in [0.15, 0.2) is 0 Å². The minimum atomic E-state index is 0.526. The van der Waals surface area contributed by atoms with E-state index in [-0.39, 0.29) is 0 Å². The molecule has 0 fully saturated rings. The molecule has 0 aromatic carbocycles. The molecule has 0 saturated heterocycles. The van der Waals surface area contributed by atoms with Crippen molar-refractivity contribution in [2.75, 3.05) is 19.7 Å². The van der Waals surface area contributed by atoms with E-state index in [2.05, 4.69) is 17.0 Å². The first-order valence-corrected chi connectivity index (χ1v) is 6.67. The van der Waals surface area contributed by atoms with Gasteiger partial charge in [-0.25, -0.2) is 0 Å². The number of hydrogen-bond acceptors (Lipinski definition) is 3. The Balaban J connectivity index is 2.85. The third kappa shape index (κ3) is 13.4. The maximum absolute atomic E-state index is 9.85. The van der Waals surface area contributed by atoms with Gasteiger partial charge in [0.15, 0.2) is 0 Å². The Morgan fingerprint density at radius 2 is 1.56 bits per heavy atom. The van der Waals surface area contributed by atoms with Crippen molar-refractivity contribution in [1.29, 1.82) is 0 Å². The minimum Gasteiger partial charge on any atom is -0.468 e. The highest BCUT2D eigenvalue weighted by Gasteiger charge is 1.91. The summed E-state index contributed by atoms with van der Waals surface area (Å²) in [6, 6.07) is 0. The smallest absolute Gasteiger partial charge is 0.293 e. The molecule has 0 aromatic heterocycles. The maximum Gasteiger partial charge on any atom is 0.293 e. The normalized spacial score (nSPS) is 10.3. The fourth-order valence-electron chi connectivity index (χ4n) is 1.64. The molecule has 0 aliphatic heterocycles. The first kappa shape index (κ1) is 15.4. The summed E-state index contributed by atoms with van der Waals surface area (Å²) in [5, 5.41) is 3.46. The largest absolute Gasteiger partial charge is 0.468 e. The van der Waals surface area contributed by atoms with Crippen LogP contribution in [-0.2, 0) is 9.53 Å². The van der Waals surface area contributed by atoms with Gasteiger partial charge in [-0.05, 0) is 32.4 Å². The summed E-state index contributed by atoms with van der Waals surface area (Å²) in [5.41, 5.74) is 0. The summed E-state index contributed by atoms with van der Waals surface area (Å²) < 4.78 is 4.62. The van der Waals surface area contributed by atoms with Gasteiger partial charge in [0, 0.05) is 0 Å². The zero-order chi connectivity index (χ0) is 11.9. The summed E-state index contributed by atoms with van der Waals surface area (Å²) in [6.45, 7) is 5.63. The lowest BCUT2D eigenvalue weighted by atomic mass is 10.2. The Morgan fingerprint density at radius 1 is 0.938 bits per heavy atom. The van der Waals surface area contributed by atoms with Gasteiger partial charge in [0.2, 0.25) is 0 Å². The summed E-state index contributed by atoms with van der Waals surface area (Å²) in [4.78, 5) is 9.85. The summed E-state index contributed by atoms with van der Waals surface area (Å²) in [5.74, 6) is 0. The first-order valence-electron chi connectivity index (χ1n) is 6.67. The summed E-state index contributed by atoms with van der Waals surface area (Å²) in [7, 11) is 0. The van der Waals surface area contributed by atoms with Gasteiger partial charge in [-0.2, -0.15) is 0 Å². The third-order valence-electron chi connectivity index (χ3n) is 2.64. The molecule has 0 atom stereocenters. The van der Waals surface area contributed by atoms with Crippen molar-refractivity contribution < 1.29 is 9.53 Å². The van der Waals surface area contributed by atoms with Gasteiger partial charge in [0.1, 0.15) is 0 Å². The van der Waals surface area contributed by atoms with E-state index in [1.165, 1.54) is 38.5 Å². The van der Waals surface area contributed by atoms with Crippen molar-refractivity contribution in [3.8, 4) is 0 Å². The van der Waals surface area contributed by atoms with E-state index in [1.807, 2.05) is 0 Å². The number of carbonyl (C=O) groups excluding carboxylic acids is 1. The van der Waals surface area contributed by atoms with Crippen LogP contribution in [0.25, 0.3) is 0 Å². The highest BCUT2D eigenvalue weighted by atomic mass is 16.5. The molecule has 3 heteroatoms. The van der Waals surface area contributed by atoms with E-state index in [9.17, 15) is 4.79 Å². The number of nitrogens with one attached hydrogen (secondary N) is 1. The molecule has 0 aliphatic carbocycles. The van der Waals surface area contributed by atoms with Crippen molar-refractivity contribution in [2.45, 2.75) is 58.3 Å². The molecule has 0 heterocycles. The highest BCUT2D eigenvalue weighted by molar-refractivity contribution is 5.36. The topological polar surface area (TPSA) is 38.3 Å². The van der Waals surface area contributed by atoms with E-state index in [4.69, 9.17) is 0 Å². The first-order chi connectivity index (χ1) is 7.91. The molecule has 0 unspecified atom stereocenters. The molecule has 3 nitrogen and oxygen atoms in total. The second kappa shape index (κ2) is 14.4. The molecular weight excluding hydrogens is 202 g/mol. The lowest BCUT2D eigenvalue weighted by Gasteiger charge is -2.04. The minimum absolute atomic E-state index is 0.526. The maximum atomic E-state index is 9.85. The van der Waals surface area contributed by atoms with Crippen LogP contribution in [0.3, 0.4) is 0 Å². The molecule has 0 bridgehead atoms. The predicted octanol–water partition coefficient (Wildman–Crippen LogP) is 2.89. The van der Waals surface area contributed by atoms with E-state index in [0.717, 1.165) is 25.9 Å². The van der Waals surface area contributed by atoms with Crippen molar-refractivity contribution in [1.82, 2.24) is 5.32 Å². The van der Waals surface area contributed by atoms with Crippen molar-refractivity contribution in [3.05, 3.63) is 0 Å². The number of carbonyl (C=O) groups is 1. The quantitative estimate of drug-likeness (QED) is 0.390. The van der Waals surface area contributed by atoms with E-state index in [1.54, 1.807) is 0 Å². The zero-order valence-corrected chi connectivity index (χ0v) is 10.7. The van der Waals surface area contributed by atoms with Gasteiger partial charge >= 0.3 is 0 Å². The second-order valence-electron chi connectivity index (χ2n) is 4.19. The van der Waals surface area contributed by atoms with Crippen LogP contribution in [-0.4, -0.2) is 26.2 Å². The van der Waals surface area contributed by atoms with Crippen LogP contribution in [0.1, 0.15) is 58.3 Å². The highest BCUT2D eigenvalue weighted by Crippen LogP contribution is 2.00. The number of ether oxygens (including phenoxy) is 1. The van der Waals surface area contributed by atoms with Crippen LogP contribution >= 0.6 is 0 Å². The summed E-state index contributed by atoms with van der Waals surface area (Å²) in [6.07, 6.45) is 9.94. The molecule has 0 rings (SSSR count). The standard InChI is InChI=1S/C13H27NO2/c1-2-3-4-7-10-14-11-8-5-6-9-12-16-13-15/h13-14H,2-12H2,1H3. The second-order valence-corrected chi connectivity index (χ2v) is 4.19. The van der Waals surface area contributed by atoms with Gasteiger partial charge in [-0.3, -0.25) is 4.79 Å². The number of hydrogen-bond donors (Lipinski definition) is 1. The molecule has 0 amide bonds. The Kier molecular flexibility index (Phi) is 13.9. The molecule has 0 aromatic rings. The molecule has 0 saturated carbocycles. The van der Waals surface area contributed by atoms with Crippen LogP contribution < -0.4 is 5.32 Å². The molecule has 16 heavy (non-hydrogen) atoms. The number of unbranched alkanes of at least 4 members (excludes halogenated alkanes) is 6. The molecular formula is C13H27NO2. The fourth-order valence-corrected chi connectivity index (χ4v) is 1.64. The van der Waals surface area contributed by atoms with Gasteiger partial charge < -0.3 is 10.1 Å². The van der Waals surface area contributed by atoms with Crippen molar-refractivity contribution in [3.63, 3.8) is 0 Å². The zero-order valence-electron chi connectivity index (χ0n) is 10.7. The Morgan fingerprint density at radius 3 is 2.19 bits per heavy atom. The van der Waals surface area contributed by atoms with E-state index < -0.39 is 0 Å². The average Bonchev–Trinajstić information content (AvgIpc) is 2.31. The van der Waals surface area contributed by atoms with Gasteiger partial charge in [0.05, 0.1) is 6.61 Å². The number of rotatable bonds is 13. The third-order valence-corrected chi connectivity index (χ3v) is 2.64. The van der Waals surface area contributed by atoms with Crippen LogP contribution in [0.5, 0.6) is 0 Å². The molecule has 1 N–H and O–H groups in total. The fraction of sp³-hybridized carbons (Fsp3) is 0.923. The van der Waals surface area contributed by atoms with Crippen molar-refractivity contribution in [2.24, 2.45) is 0 Å². The van der Waals surface area contributed by atoms with Crippen LogP contribution in [0.2, 0.25) is 0 Å². The molecule has 96 valence electrons. The summed E-state index contributed by atoms with van der Waals surface area (Å²) >= 11 is 0. The van der Waals surface area contributed by atoms with Crippen LogP contribution in [0, 0.1) is 0 Å². The lowest BCUT2D eigenvalue weighted by molar-refractivity contribution is -0.128. The van der Waals surface area contributed by atoms with Gasteiger partial charge in [-0.15, -0.1) is 0 Å². The van der Waals surface area contributed by atoms with Crippen LogP contribution in [0.4, 0.5) is 0 Å². The predicted molar refractivity (Wildman–Crippen MR) is 67.5 cm³/mol. The van der Waals surface area contributed by atoms with Gasteiger partial charge in [0.25, 0.3) is 6.47 Å². The van der Waals surface area contributed by atoms with E-state index in [0.29, 0.717) is 13.1 Å². The van der Waals surface area contributed by atoms with Gasteiger partial charge in [-0.1, -0.05) is 39.0 Å². The lowest BCUT2D eigenvalue weighted by Crippen LogP contribution is -2.16. The Hall–Kier alpha value is -0.570. The Labute approximate surface area is 99.9 Å². The monoisotopic (exact) mass is 229 g/mol. The van der Waals surface area contributed by atoms with E-state index >= 15 is 0 Å². The van der Waals surface area contributed by atoms with Crippen molar-refractivity contribution >= 4 is 6.47 Å². The molecule has 0 aliphatic rings. The SMILES string of the molecule is CCCCCCNCCCCCCOC=O. The average molecular weight is 229 g/mol.